The van der Waals surface area contributed by atoms with Crippen LogP contribution in [0.3, 0.4) is 0 Å². The van der Waals surface area contributed by atoms with Crippen molar-refractivity contribution in [3.05, 3.63) is 71.4 Å². The predicted molar refractivity (Wildman–Crippen MR) is 104 cm³/mol. The van der Waals surface area contributed by atoms with E-state index in [1.807, 2.05) is 61.5 Å². The Labute approximate surface area is 158 Å². The fraction of sp³-hybridized carbons (Fsp3) is 0.200. The monoisotopic (exact) mass is 368 g/mol. The molecule has 0 unspecified atom stereocenters. The highest BCUT2D eigenvalue weighted by atomic mass is 32.1. The normalized spacial score (nSPS) is 16.5. The number of para-hydroxylation sites is 1. The number of esters is 1. The van der Waals surface area contributed by atoms with E-state index in [-0.39, 0.29) is 6.04 Å². The van der Waals surface area contributed by atoms with Gasteiger partial charge in [0.1, 0.15) is 17.2 Å². The summed E-state index contributed by atoms with van der Waals surface area (Å²) in [5.41, 5.74) is 2.14. The van der Waals surface area contributed by atoms with Gasteiger partial charge >= 0.3 is 5.97 Å². The molecule has 1 aliphatic heterocycles. The number of thiocarbonyl (C=S) groups is 1. The first-order valence-corrected chi connectivity index (χ1v) is 8.77. The molecule has 0 spiro atoms. The average Bonchev–Trinajstić information content (AvgIpc) is 2.64. The summed E-state index contributed by atoms with van der Waals surface area (Å²) in [4.78, 5) is 12.2. The molecule has 0 amide bonds. The third-order valence-electron chi connectivity index (χ3n) is 3.99. The minimum atomic E-state index is -0.407. The van der Waals surface area contributed by atoms with Crippen molar-refractivity contribution >= 4 is 23.3 Å². The molecule has 134 valence electrons. The van der Waals surface area contributed by atoms with Gasteiger partial charge in [-0.2, -0.15) is 0 Å². The van der Waals surface area contributed by atoms with Crippen molar-refractivity contribution in [2.75, 3.05) is 6.61 Å². The van der Waals surface area contributed by atoms with E-state index in [1.54, 1.807) is 6.92 Å². The molecule has 2 N–H and O–H groups in total. The zero-order valence-corrected chi connectivity index (χ0v) is 15.4. The molecular formula is C20H20N2O3S. The van der Waals surface area contributed by atoms with Gasteiger partial charge in [-0.1, -0.05) is 30.3 Å². The summed E-state index contributed by atoms with van der Waals surface area (Å²) < 4.78 is 11.0. The van der Waals surface area contributed by atoms with Crippen molar-refractivity contribution < 1.29 is 14.3 Å². The number of hydrogen-bond acceptors (Lipinski definition) is 4. The van der Waals surface area contributed by atoms with Gasteiger partial charge in [-0.3, -0.25) is 0 Å². The Morgan fingerprint density at radius 3 is 2.58 bits per heavy atom. The molecule has 0 saturated carbocycles. The Hall–Kier alpha value is -2.86. The quantitative estimate of drug-likeness (QED) is 0.618. The molecule has 3 rings (SSSR count). The largest absolute Gasteiger partial charge is 0.461 e. The zero-order valence-electron chi connectivity index (χ0n) is 14.6. The molecule has 0 radical (unpaired) electrons. The van der Waals surface area contributed by atoms with E-state index in [0.29, 0.717) is 23.2 Å². The van der Waals surface area contributed by atoms with Crippen molar-refractivity contribution in [1.82, 2.24) is 10.6 Å². The molecule has 0 fully saturated rings. The van der Waals surface area contributed by atoms with Crippen LogP contribution in [0.1, 0.15) is 25.5 Å². The molecule has 0 bridgehead atoms. The van der Waals surface area contributed by atoms with Crippen LogP contribution in [0.25, 0.3) is 0 Å². The SMILES string of the molecule is CCOC(=O)C1=C(C)[C@H](c2cccc(Oc3ccccc3)c2)NC(=S)N1. The van der Waals surface area contributed by atoms with Gasteiger partial charge < -0.3 is 20.1 Å². The Morgan fingerprint density at radius 1 is 1.12 bits per heavy atom. The van der Waals surface area contributed by atoms with Gasteiger partial charge in [0.2, 0.25) is 0 Å². The number of benzene rings is 2. The fourth-order valence-corrected chi connectivity index (χ4v) is 2.98. The summed E-state index contributed by atoms with van der Waals surface area (Å²) in [6.07, 6.45) is 0. The summed E-state index contributed by atoms with van der Waals surface area (Å²) in [6, 6.07) is 17.0. The summed E-state index contributed by atoms with van der Waals surface area (Å²) in [5.74, 6) is 1.07. The van der Waals surface area contributed by atoms with E-state index < -0.39 is 5.97 Å². The highest BCUT2D eigenvalue weighted by molar-refractivity contribution is 7.80. The zero-order chi connectivity index (χ0) is 18.5. The first kappa shape index (κ1) is 17.9. The van der Waals surface area contributed by atoms with Crippen molar-refractivity contribution in [2.24, 2.45) is 0 Å². The van der Waals surface area contributed by atoms with Crippen LogP contribution in [0.4, 0.5) is 0 Å². The van der Waals surface area contributed by atoms with Crippen molar-refractivity contribution in [3.63, 3.8) is 0 Å². The number of ether oxygens (including phenoxy) is 2. The predicted octanol–water partition coefficient (Wildman–Crippen LogP) is 3.83. The van der Waals surface area contributed by atoms with Crippen LogP contribution in [0.15, 0.2) is 65.9 Å². The Balaban J connectivity index is 1.89. The van der Waals surface area contributed by atoms with E-state index in [1.165, 1.54) is 0 Å². The van der Waals surface area contributed by atoms with Gasteiger partial charge in [0.05, 0.1) is 12.6 Å². The highest BCUT2D eigenvalue weighted by Crippen LogP contribution is 2.30. The lowest BCUT2D eigenvalue weighted by Crippen LogP contribution is -2.45. The van der Waals surface area contributed by atoms with E-state index in [4.69, 9.17) is 21.7 Å². The molecule has 6 heteroatoms. The summed E-state index contributed by atoms with van der Waals surface area (Å²) in [7, 11) is 0. The Kier molecular flexibility index (Phi) is 5.53. The Morgan fingerprint density at radius 2 is 1.85 bits per heavy atom. The maximum atomic E-state index is 12.2. The maximum Gasteiger partial charge on any atom is 0.354 e. The van der Waals surface area contributed by atoms with Gasteiger partial charge in [-0.05, 0) is 61.5 Å². The van der Waals surface area contributed by atoms with Gasteiger partial charge in [-0.25, -0.2) is 4.79 Å². The molecule has 5 nitrogen and oxygen atoms in total. The van der Waals surface area contributed by atoms with Crippen molar-refractivity contribution in [2.45, 2.75) is 19.9 Å². The smallest absolute Gasteiger partial charge is 0.354 e. The number of carbonyl (C=O) groups excluding carboxylic acids is 1. The van der Waals surface area contributed by atoms with Crippen LogP contribution in [0.2, 0.25) is 0 Å². The van der Waals surface area contributed by atoms with Gasteiger partial charge in [0, 0.05) is 0 Å². The lowest BCUT2D eigenvalue weighted by molar-refractivity contribution is -0.138. The van der Waals surface area contributed by atoms with Gasteiger partial charge in [0.15, 0.2) is 5.11 Å². The van der Waals surface area contributed by atoms with E-state index in [9.17, 15) is 4.79 Å². The fourth-order valence-electron chi connectivity index (χ4n) is 2.76. The first-order chi connectivity index (χ1) is 12.6. The molecule has 0 saturated heterocycles. The summed E-state index contributed by atoms with van der Waals surface area (Å²) in [5, 5.41) is 6.49. The summed E-state index contributed by atoms with van der Waals surface area (Å²) >= 11 is 5.26. The van der Waals surface area contributed by atoms with Crippen molar-refractivity contribution in [3.8, 4) is 11.5 Å². The molecular weight excluding hydrogens is 348 g/mol. The standard InChI is InChI=1S/C20H20N2O3S/c1-3-24-19(23)18-13(2)17(21-20(26)22-18)14-8-7-11-16(12-14)25-15-9-5-4-6-10-15/h4-12,17H,3H2,1-2H3,(H2,21,22,26)/t17-/m1/s1. The number of rotatable bonds is 5. The van der Waals surface area contributed by atoms with Crippen LogP contribution in [0.5, 0.6) is 11.5 Å². The topological polar surface area (TPSA) is 59.6 Å². The minimum absolute atomic E-state index is 0.234. The minimum Gasteiger partial charge on any atom is -0.461 e. The van der Waals surface area contributed by atoms with Gasteiger partial charge in [-0.15, -0.1) is 0 Å². The molecule has 1 aliphatic rings. The van der Waals surface area contributed by atoms with Gasteiger partial charge in [0.25, 0.3) is 0 Å². The molecule has 0 aliphatic carbocycles. The third-order valence-corrected chi connectivity index (χ3v) is 4.21. The second kappa shape index (κ2) is 8.01. The maximum absolute atomic E-state index is 12.2. The second-order valence-corrected chi connectivity index (χ2v) is 6.21. The van der Waals surface area contributed by atoms with E-state index in [0.717, 1.165) is 16.9 Å². The number of nitrogens with one attached hydrogen (secondary N) is 2. The lowest BCUT2D eigenvalue weighted by atomic mass is 9.96. The number of carbonyl (C=O) groups is 1. The number of hydrogen-bond donors (Lipinski definition) is 2. The molecule has 0 aromatic heterocycles. The molecule has 2 aromatic carbocycles. The molecule has 1 heterocycles. The van der Waals surface area contributed by atoms with E-state index >= 15 is 0 Å². The lowest BCUT2D eigenvalue weighted by Gasteiger charge is -2.29. The van der Waals surface area contributed by atoms with E-state index in [2.05, 4.69) is 10.6 Å². The highest BCUT2D eigenvalue weighted by Gasteiger charge is 2.28. The molecule has 1 atom stereocenters. The van der Waals surface area contributed by atoms with Crippen LogP contribution >= 0.6 is 12.2 Å². The second-order valence-electron chi connectivity index (χ2n) is 5.80. The first-order valence-electron chi connectivity index (χ1n) is 8.36. The van der Waals surface area contributed by atoms with Crippen LogP contribution < -0.4 is 15.4 Å². The van der Waals surface area contributed by atoms with Crippen LogP contribution in [-0.2, 0) is 9.53 Å². The van der Waals surface area contributed by atoms with Crippen molar-refractivity contribution in [1.29, 1.82) is 0 Å². The Bertz CT molecular complexity index is 849. The molecule has 2 aromatic rings. The average molecular weight is 368 g/mol. The van der Waals surface area contributed by atoms with Crippen LogP contribution in [-0.4, -0.2) is 17.7 Å². The summed E-state index contributed by atoms with van der Waals surface area (Å²) in [6.45, 7) is 3.96. The van der Waals surface area contributed by atoms with Crippen LogP contribution in [0, 0.1) is 0 Å². The third kappa shape index (κ3) is 4.03. The molecule has 26 heavy (non-hydrogen) atoms.